The van der Waals surface area contributed by atoms with Gasteiger partial charge in [-0.3, -0.25) is 5.43 Å². The molecular formula is C21H22N4O2. The molecule has 0 saturated carbocycles. The van der Waals surface area contributed by atoms with Crippen LogP contribution in [0.4, 0.5) is 5.82 Å². The molecule has 0 spiro atoms. The summed E-state index contributed by atoms with van der Waals surface area (Å²) in [4.78, 5) is 20.3. The van der Waals surface area contributed by atoms with Gasteiger partial charge in [-0.25, -0.2) is 14.8 Å². The number of hydrogen-bond acceptors (Lipinski definition) is 6. The Bertz CT molecular complexity index is 989. The van der Waals surface area contributed by atoms with Crippen molar-refractivity contribution in [3.63, 3.8) is 0 Å². The van der Waals surface area contributed by atoms with Crippen LogP contribution < -0.4 is 5.43 Å². The summed E-state index contributed by atoms with van der Waals surface area (Å²) < 4.78 is 4.65. The molecule has 0 bridgehead atoms. The predicted molar refractivity (Wildman–Crippen MR) is 107 cm³/mol. The number of benzene rings is 1. The first-order valence-corrected chi connectivity index (χ1v) is 8.62. The third-order valence-corrected chi connectivity index (χ3v) is 4.11. The van der Waals surface area contributed by atoms with E-state index in [0.29, 0.717) is 11.4 Å². The van der Waals surface area contributed by atoms with Gasteiger partial charge in [-0.1, -0.05) is 45.0 Å². The minimum absolute atomic E-state index is 0.00578. The van der Waals surface area contributed by atoms with E-state index < -0.39 is 5.97 Å². The fourth-order valence-corrected chi connectivity index (χ4v) is 2.70. The zero-order valence-electron chi connectivity index (χ0n) is 15.9. The van der Waals surface area contributed by atoms with Crippen molar-refractivity contribution in [1.82, 2.24) is 9.97 Å². The number of nitrogens with zero attached hydrogens (tertiary/aromatic N) is 3. The molecule has 6 nitrogen and oxygen atoms in total. The first-order valence-electron chi connectivity index (χ1n) is 8.62. The molecule has 6 heteroatoms. The highest BCUT2D eigenvalue weighted by molar-refractivity contribution is 5.89. The maximum absolute atomic E-state index is 11.4. The van der Waals surface area contributed by atoms with Crippen molar-refractivity contribution in [3.05, 3.63) is 65.5 Å². The first-order chi connectivity index (χ1) is 12.9. The van der Waals surface area contributed by atoms with Gasteiger partial charge >= 0.3 is 5.97 Å². The number of fused-ring (bicyclic) bond motifs is 1. The van der Waals surface area contributed by atoms with Gasteiger partial charge in [0, 0.05) is 11.6 Å². The van der Waals surface area contributed by atoms with Gasteiger partial charge < -0.3 is 4.74 Å². The van der Waals surface area contributed by atoms with E-state index in [4.69, 9.17) is 4.98 Å². The van der Waals surface area contributed by atoms with Crippen LogP contribution in [-0.4, -0.2) is 29.3 Å². The van der Waals surface area contributed by atoms with Crippen LogP contribution in [0.3, 0.4) is 0 Å². The summed E-state index contributed by atoms with van der Waals surface area (Å²) in [6, 6.07) is 13.5. The number of aromatic nitrogens is 2. The van der Waals surface area contributed by atoms with E-state index in [1.165, 1.54) is 18.9 Å². The summed E-state index contributed by atoms with van der Waals surface area (Å²) in [5, 5.41) is 5.29. The van der Waals surface area contributed by atoms with E-state index >= 15 is 0 Å². The van der Waals surface area contributed by atoms with Gasteiger partial charge in [0.05, 0.1) is 30.1 Å². The number of hydrogen-bond donors (Lipinski definition) is 1. The van der Waals surface area contributed by atoms with E-state index in [2.05, 4.69) is 59.2 Å². The minimum Gasteiger partial charge on any atom is -0.465 e. The quantitative estimate of drug-likeness (QED) is 0.428. The molecule has 0 amide bonds. The predicted octanol–water partition coefficient (Wildman–Crippen LogP) is 4.16. The van der Waals surface area contributed by atoms with E-state index in [9.17, 15) is 4.79 Å². The molecule has 0 aliphatic rings. The lowest BCUT2D eigenvalue weighted by atomic mass is 9.85. The number of hydrazone groups is 1. The molecule has 1 aromatic carbocycles. The Morgan fingerprint density at radius 1 is 1.15 bits per heavy atom. The van der Waals surface area contributed by atoms with Gasteiger partial charge in [-0.2, -0.15) is 5.10 Å². The highest BCUT2D eigenvalue weighted by Gasteiger charge is 2.17. The van der Waals surface area contributed by atoms with Crippen LogP contribution >= 0.6 is 0 Å². The van der Waals surface area contributed by atoms with Gasteiger partial charge in [0.2, 0.25) is 0 Å². The van der Waals surface area contributed by atoms with Gasteiger partial charge in [0.15, 0.2) is 0 Å². The molecule has 0 aliphatic heterocycles. The molecule has 0 atom stereocenters. The summed E-state index contributed by atoms with van der Waals surface area (Å²) in [5.41, 5.74) is 6.16. The van der Waals surface area contributed by atoms with Gasteiger partial charge in [0.25, 0.3) is 0 Å². The zero-order valence-corrected chi connectivity index (χ0v) is 15.9. The molecule has 0 unspecified atom stereocenters. The number of esters is 1. The Morgan fingerprint density at radius 2 is 1.96 bits per heavy atom. The number of anilines is 1. The molecule has 0 aliphatic carbocycles. The van der Waals surface area contributed by atoms with Crippen LogP contribution in [0, 0.1) is 0 Å². The van der Waals surface area contributed by atoms with Crippen molar-refractivity contribution in [3.8, 4) is 0 Å². The minimum atomic E-state index is -0.424. The third-order valence-electron chi connectivity index (χ3n) is 4.11. The molecule has 138 valence electrons. The summed E-state index contributed by atoms with van der Waals surface area (Å²) >= 11 is 0. The second-order valence-corrected chi connectivity index (χ2v) is 7.16. The Balaban J connectivity index is 1.79. The van der Waals surface area contributed by atoms with Crippen LogP contribution in [0.5, 0.6) is 0 Å². The van der Waals surface area contributed by atoms with Gasteiger partial charge in [0.1, 0.15) is 5.82 Å². The Labute approximate surface area is 158 Å². The normalized spacial score (nSPS) is 11.7. The van der Waals surface area contributed by atoms with E-state index in [1.54, 1.807) is 18.3 Å². The van der Waals surface area contributed by atoms with Crippen LogP contribution in [0.2, 0.25) is 0 Å². The monoisotopic (exact) mass is 362 g/mol. The van der Waals surface area contributed by atoms with Crippen molar-refractivity contribution < 1.29 is 9.53 Å². The summed E-state index contributed by atoms with van der Waals surface area (Å²) in [6.45, 7) is 6.53. The molecule has 1 N–H and O–H groups in total. The number of carbonyl (C=O) groups excluding carboxylic acids is 1. The molecule has 3 aromatic rings. The standard InChI is InChI=1S/C21H22N4O2/c1-21(2,3)17-7-5-6-14-8-10-16(24-19(14)17)13-23-25-18-11-9-15(12-22-18)20(26)27-4/h5-13H,1-4H3,(H,22,25)/b23-13+. The summed E-state index contributed by atoms with van der Waals surface area (Å²) in [5.74, 6) is 0.0997. The summed E-state index contributed by atoms with van der Waals surface area (Å²) in [7, 11) is 1.33. The van der Waals surface area contributed by atoms with Crippen LogP contribution in [-0.2, 0) is 10.2 Å². The third kappa shape index (κ3) is 4.28. The highest BCUT2D eigenvalue weighted by Crippen LogP contribution is 2.28. The maximum atomic E-state index is 11.4. The number of para-hydroxylation sites is 1. The van der Waals surface area contributed by atoms with Gasteiger partial charge in [-0.15, -0.1) is 0 Å². The Morgan fingerprint density at radius 3 is 2.63 bits per heavy atom. The number of pyridine rings is 2. The van der Waals surface area contributed by atoms with E-state index in [-0.39, 0.29) is 5.41 Å². The SMILES string of the molecule is COC(=O)c1ccc(N/N=C/c2ccc3cccc(C(C)(C)C)c3n2)nc1. The zero-order chi connectivity index (χ0) is 19.4. The smallest absolute Gasteiger partial charge is 0.339 e. The number of nitrogens with one attached hydrogen (secondary N) is 1. The van der Waals surface area contributed by atoms with Crippen LogP contribution in [0.15, 0.2) is 53.8 Å². The molecule has 0 saturated heterocycles. The van der Waals surface area contributed by atoms with Crippen molar-refractivity contribution in [2.45, 2.75) is 26.2 Å². The van der Waals surface area contributed by atoms with Crippen LogP contribution in [0.25, 0.3) is 10.9 Å². The number of rotatable bonds is 4. The topological polar surface area (TPSA) is 76.5 Å². The van der Waals surface area contributed by atoms with Crippen molar-refractivity contribution >= 4 is 28.9 Å². The second-order valence-electron chi connectivity index (χ2n) is 7.16. The van der Waals surface area contributed by atoms with E-state index in [1.807, 2.05) is 12.1 Å². The van der Waals surface area contributed by atoms with Crippen molar-refractivity contribution in [2.24, 2.45) is 5.10 Å². The lowest BCUT2D eigenvalue weighted by molar-refractivity contribution is 0.0600. The van der Waals surface area contributed by atoms with Crippen molar-refractivity contribution in [2.75, 3.05) is 12.5 Å². The molecule has 27 heavy (non-hydrogen) atoms. The number of methoxy groups -OCH3 is 1. The largest absolute Gasteiger partial charge is 0.465 e. The highest BCUT2D eigenvalue weighted by atomic mass is 16.5. The second kappa shape index (κ2) is 7.53. The lowest BCUT2D eigenvalue weighted by Gasteiger charge is -2.20. The summed E-state index contributed by atoms with van der Waals surface area (Å²) in [6.07, 6.45) is 3.09. The molecular weight excluding hydrogens is 340 g/mol. The number of carbonyl (C=O) groups is 1. The molecule has 2 heterocycles. The Hall–Kier alpha value is -3.28. The number of ether oxygens (including phenoxy) is 1. The first kappa shape index (κ1) is 18.5. The fourth-order valence-electron chi connectivity index (χ4n) is 2.70. The van der Waals surface area contributed by atoms with E-state index in [0.717, 1.165) is 16.6 Å². The lowest BCUT2D eigenvalue weighted by Crippen LogP contribution is -2.12. The molecule has 0 fully saturated rings. The molecule has 2 aromatic heterocycles. The fraction of sp³-hybridized carbons (Fsp3) is 0.238. The molecule has 3 rings (SSSR count). The van der Waals surface area contributed by atoms with Crippen LogP contribution in [0.1, 0.15) is 42.4 Å². The average Bonchev–Trinajstić information content (AvgIpc) is 2.66. The van der Waals surface area contributed by atoms with Crippen molar-refractivity contribution in [1.29, 1.82) is 0 Å². The van der Waals surface area contributed by atoms with Gasteiger partial charge in [-0.05, 0) is 29.2 Å². The molecule has 0 radical (unpaired) electrons. The average molecular weight is 362 g/mol. The maximum Gasteiger partial charge on any atom is 0.339 e. The Kier molecular flexibility index (Phi) is 5.16.